The molecule has 1 aliphatic rings. The van der Waals surface area contributed by atoms with Crippen molar-refractivity contribution in [1.82, 2.24) is 9.78 Å². The van der Waals surface area contributed by atoms with Crippen LogP contribution in [0.5, 0.6) is 11.5 Å². The van der Waals surface area contributed by atoms with Crippen molar-refractivity contribution < 1.29 is 14.6 Å². The fourth-order valence-corrected chi connectivity index (χ4v) is 3.51. The Morgan fingerprint density at radius 3 is 2.85 bits per heavy atom. The van der Waals surface area contributed by atoms with E-state index in [9.17, 15) is 9.90 Å². The van der Waals surface area contributed by atoms with Gasteiger partial charge in [0.15, 0.2) is 11.5 Å². The molecule has 0 saturated carbocycles. The minimum absolute atomic E-state index is 0.0618. The van der Waals surface area contributed by atoms with Gasteiger partial charge in [-0.1, -0.05) is 23.7 Å². The van der Waals surface area contributed by atoms with Crippen LogP contribution in [0.4, 0.5) is 5.82 Å². The first-order valence-electron chi connectivity index (χ1n) is 8.49. The minimum Gasteiger partial charge on any atom is -0.504 e. The number of nitrogens with one attached hydrogen (secondary N) is 1. The molecule has 27 heavy (non-hydrogen) atoms. The summed E-state index contributed by atoms with van der Waals surface area (Å²) in [5.41, 5.74) is 3.52. The van der Waals surface area contributed by atoms with Crippen LogP contribution in [0.25, 0.3) is 5.69 Å². The van der Waals surface area contributed by atoms with Gasteiger partial charge in [-0.05, 0) is 42.3 Å². The topological polar surface area (TPSA) is 76.4 Å². The van der Waals surface area contributed by atoms with Crippen LogP contribution in [-0.4, -0.2) is 27.9 Å². The average molecular weight is 384 g/mol. The molecule has 2 heterocycles. The monoisotopic (exact) mass is 383 g/mol. The molecule has 1 aliphatic heterocycles. The molecule has 1 atom stereocenters. The standard InChI is InChI=1S/C20H18ClN3O3/c1-11-3-5-13(8-16(11)21)24-20-15(10-22-24)14(9-19(26)23-20)12-4-6-17(25)18(7-12)27-2/h3-8,10,14,25H,9H2,1-2H3,(H,23,26). The van der Waals surface area contributed by atoms with E-state index in [1.807, 2.05) is 25.1 Å². The Hall–Kier alpha value is -2.99. The van der Waals surface area contributed by atoms with Crippen molar-refractivity contribution in [3.63, 3.8) is 0 Å². The Labute approximate surface area is 161 Å². The predicted octanol–water partition coefficient (Wildman–Crippen LogP) is 4.02. The highest BCUT2D eigenvalue weighted by atomic mass is 35.5. The molecule has 1 amide bonds. The maximum atomic E-state index is 12.4. The number of ether oxygens (including phenoxy) is 1. The minimum atomic E-state index is -0.182. The van der Waals surface area contributed by atoms with Crippen molar-refractivity contribution in [2.45, 2.75) is 19.3 Å². The summed E-state index contributed by atoms with van der Waals surface area (Å²) in [4.78, 5) is 12.4. The van der Waals surface area contributed by atoms with Crippen molar-refractivity contribution in [1.29, 1.82) is 0 Å². The molecular weight excluding hydrogens is 366 g/mol. The van der Waals surface area contributed by atoms with Crippen LogP contribution in [0.2, 0.25) is 5.02 Å². The van der Waals surface area contributed by atoms with Crippen LogP contribution >= 0.6 is 11.6 Å². The molecule has 0 fully saturated rings. The third-order valence-corrected chi connectivity index (χ3v) is 5.23. The van der Waals surface area contributed by atoms with Crippen molar-refractivity contribution in [2.75, 3.05) is 12.4 Å². The Morgan fingerprint density at radius 2 is 2.11 bits per heavy atom. The Morgan fingerprint density at radius 1 is 1.30 bits per heavy atom. The lowest BCUT2D eigenvalue weighted by molar-refractivity contribution is -0.116. The molecular formula is C20H18ClN3O3. The van der Waals surface area contributed by atoms with E-state index in [4.69, 9.17) is 16.3 Å². The highest BCUT2D eigenvalue weighted by Crippen LogP contribution is 2.40. The summed E-state index contributed by atoms with van der Waals surface area (Å²) in [5, 5.41) is 17.9. The number of aromatic hydroxyl groups is 1. The van der Waals surface area contributed by atoms with Crippen LogP contribution in [0, 0.1) is 6.92 Å². The van der Waals surface area contributed by atoms with Gasteiger partial charge in [0.2, 0.25) is 5.91 Å². The van der Waals surface area contributed by atoms with Crippen molar-refractivity contribution in [2.24, 2.45) is 0 Å². The zero-order valence-corrected chi connectivity index (χ0v) is 15.6. The fourth-order valence-electron chi connectivity index (χ4n) is 3.34. The van der Waals surface area contributed by atoms with Crippen molar-refractivity contribution in [3.8, 4) is 17.2 Å². The smallest absolute Gasteiger partial charge is 0.226 e. The quantitative estimate of drug-likeness (QED) is 0.716. The SMILES string of the molecule is COc1cc(C2CC(=O)Nc3c2cnn3-c2ccc(C)c(Cl)c2)ccc1O. The second kappa shape index (κ2) is 6.63. The zero-order valence-electron chi connectivity index (χ0n) is 14.9. The van der Waals surface area contributed by atoms with E-state index in [1.165, 1.54) is 7.11 Å². The second-order valence-corrected chi connectivity index (χ2v) is 6.94. The number of aryl methyl sites for hydroxylation is 1. The molecule has 2 N–H and O–H groups in total. The predicted molar refractivity (Wildman–Crippen MR) is 103 cm³/mol. The average Bonchev–Trinajstić information content (AvgIpc) is 3.07. The molecule has 0 spiro atoms. The van der Waals surface area contributed by atoms with Gasteiger partial charge in [-0.15, -0.1) is 0 Å². The molecule has 6 nitrogen and oxygen atoms in total. The molecule has 138 valence electrons. The molecule has 0 saturated heterocycles. The van der Waals surface area contributed by atoms with E-state index < -0.39 is 0 Å². The summed E-state index contributed by atoms with van der Waals surface area (Å²) in [6.45, 7) is 1.93. The first-order valence-corrected chi connectivity index (χ1v) is 8.87. The summed E-state index contributed by atoms with van der Waals surface area (Å²) in [6.07, 6.45) is 2.05. The molecule has 0 bridgehead atoms. The first kappa shape index (κ1) is 17.4. The number of nitrogens with zero attached hydrogens (tertiary/aromatic N) is 2. The van der Waals surface area contributed by atoms with E-state index in [0.717, 1.165) is 22.4 Å². The van der Waals surface area contributed by atoms with Crippen LogP contribution in [0.15, 0.2) is 42.6 Å². The Kier molecular flexibility index (Phi) is 4.28. The van der Waals surface area contributed by atoms with Crippen molar-refractivity contribution >= 4 is 23.3 Å². The Bertz CT molecular complexity index is 1040. The number of hydrogen-bond donors (Lipinski definition) is 2. The Balaban J connectivity index is 1.81. The number of anilines is 1. The number of fused-ring (bicyclic) bond motifs is 1. The summed E-state index contributed by atoms with van der Waals surface area (Å²) in [6, 6.07) is 10.8. The molecule has 2 aromatic carbocycles. The highest BCUT2D eigenvalue weighted by Gasteiger charge is 2.31. The number of phenols is 1. The van der Waals surface area contributed by atoms with Gasteiger partial charge in [0, 0.05) is 22.9 Å². The second-order valence-electron chi connectivity index (χ2n) is 6.53. The molecule has 3 aromatic rings. The van der Waals surface area contributed by atoms with E-state index >= 15 is 0 Å². The van der Waals surface area contributed by atoms with Gasteiger partial charge in [0.25, 0.3) is 0 Å². The van der Waals surface area contributed by atoms with E-state index in [-0.39, 0.29) is 17.6 Å². The van der Waals surface area contributed by atoms with Gasteiger partial charge < -0.3 is 15.2 Å². The maximum Gasteiger partial charge on any atom is 0.226 e. The molecule has 7 heteroatoms. The van der Waals surface area contributed by atoms with Gasteiger partial charge >= 0.3 is 0 Å². The number of phenolic OH excluding ortho intramolecular Hbond substituents is 1. The molecule has 1 unspecified atom stereocenters. The molecule has 1 aromatic heterocycles. The van der Waals surface area contributed by atoms with E-state index in [1.54, 1.807) is 29.1 Å². The first-order chi connectivity index (χ1) is 13.0. The number of carbonyl (C=O) groups excluding carboxylic acids is 1. The summed E-state index contributed by atoms with van der Waals surface area (Å²) in [7, 11) is 1.50. The van der Waals surface area contributed by atoms with Crippen LogP contribution in [0.3, 0.4) is 0 Å². The van der Waals surface area contributed by atoms with Gasteiger partial charge in [0.05, 0.1) is 19.0 Å². The maximum absolute atomic E-state index is 12.4. The van der Waals surface area contributed by atoms with Crippen LogP contribution < -0.4 is 10.1 Å². The molecule has 0 aliphatic carbocycles. The highest BCUT2D eigenvalue weighted by molar-refractivity contribution is 6.31. The number of carbonyl (C=O) groups is 1. The number of amides is 1. The van der Waals surface area contributed by atoms with Crippen molar-refractivity contribution in [3.05, 3.63) is 64.3 Å². The molecule has 0 radical (unpaired) electrons. The van der Waals surface area contributed by atoms with E-state index in [2.05, 4.69) is 10.4 Å². The zero-order chi connectivity index (χ0) is 19.1. The van der Waals surface area contributed by atoms with Crippen LogP contribution in [-0.2, 0) is 4.79 Å². The molecule has 4 rings (SSSR count). The van der Waals surface area contributed by atoms with Gasteiger partial charge in [0.1, 0.15) is 5.82 Å². The lowest BCUT2D eigenvalue weighted by atomic mass is 9.87. The van der Waals surface area contributed by atoms with Gasteiger partial charge in [-0.3, -0.25) is 4.79 Å². The summed E-state index contributed by atoms with van der Waals surface area (Å²) < 4.78 is 6.89. The van der Waals surface area contributed by atoms with Gasteiger partial charge in [-0.25, -0.2) is 4.68 Å². The number of benzene rings is 2. The largest absolute Gasteiger partial charge is 0.504 e. The van der Waals surface area contributed by atoms with Crippen LogP contribution in [0.1, 0.15) is 29.0 Å². The normalized spacial score (nSPS) is 16.0. The number of rotatable bonds is 3. The van der Waals surface area contributed by atoms with E-state index in [0.29, 0.717) is 23.0 Å². The summed E-state index contributed by atoms with van der Waals surface area (Å²) >= 11 is 6.25. The van der Waals surface area contributed by atoms with Gasteiger partial charge in [-0.2, -0.15) is 5.10 Å². The third-order valence-electron chi connectivity index (χ3n) is 4.83. The third kappa shape index (κ3) is 3.02. The lowest BCUT2D eigenvalue weighted by Gasteiger charge is -2.24. The number of methoxy groups -OCH3 is 1. The fraction of sp³-hybridized carbons (Fsp3) is 0.200. The number of halogens is 1. The lowest BCUT2D eigenvalue weighted by Crippen LogP contribution is -2.24. The number of aromatic nitrogens is 2. The summed E-state index contributed by atoms with van der Waals surface area (Å²) in [5.74, 6) is 0.782. The number of hydrogen-bond acceptors (Lipinski definition) is 4.